The van der Waals surface area contributed by atoms with E-state index in [0.29, 0.717) is 0 Å². The number of hydrogen-bond acceptors (Lipinski definition) is 2. The standard InChI is InChI=1S/C47H27NOS/c1-2-12-30-28(11-1)21-24-40-46(30)35-26-45-39(27-41(35)48(40)29-22-23-34-33-15-5-9-19-42(33)49-43(34)25-29)47(38-18-8-10-20-44(38)50-45)36-16-6-3-13-31(36)32-14-4-7-17-37(32)47/h1-27H. The molecule has 3 heteroatoms. The van der Waals surface area contributed by atoms with Gasteiger partial charge >= 0.3 is 0 Å². The molecule has 12 rings (SSSR count). The largest absolute Gasteiger partial charge is 0.456 e. The molecule has 2 aliphatic rings. The lowest BCUT2D eigenvalue weighted by Gasteiger charge is -2.39. The minimum atomic E-state index is -0.440. The summed E-state index contributed by atoms with van der Waals surface area (Å²) in [5.41, 5.74) is 12.9. The van der Waals surface area contributed by atoms with E-state index in [9.17, 15) is 0 Å². The molecule has 0 radical (unpaired) electrons. The molecule has 10 aromatic rings. The Labute approximate surface area is 292 Å². The van der Waals surface area contributed by atoms with Gasteiger partial charge in [0.2, 0.25) is 0 Å². The first kappa shape index (κ1) is 26.9. The number of furan rings is 1. The highest BCUT2D eigenvalue weighted by atomic mass is 32.2. The van der Waals surface area contributed by atoms with Crippen molar-refractivity contribution >= 4 is 66.3 Å². The Kier molecular flexibility index (Phi) is 5.14. The van der Waals surface area contributed by atoms with E-state index < -0.39 is 5.41 Å². The zero-order valence-electron chi connectivity index (χ0n) is 26.9. The van der Waals surface area contributed by atoms with E-state index in [-0.39, 0.29) is 0 Å². The van der Waals surface area contributed by atoms with E-state index in [1.54, 1.807) is 0 Å². The van der Waals surface area contributed by atoms with Crippen molar-refractivity contribution < 1.29 is 4.42 Å². The third-order valence-corrected chi connectivity index (χ3v) is 12.4. The van der Waals surface area contributed by atoms with Crippen LogP contribution in [-0.2, 0) is 5.41 Å². The van der Waals surface area contributed by atoms with Gasteiger partial charge < -0.3 is 8.98 Å². The van der Waals surface area contributed by atoms with Gasteiger partial charge in [0, 0.05) is 43.1 Å². The Hall–Kier alpha value is -6.03. The molecule has 8 aromatic carbocycles. The summed E-state index contributed by atoms with van der Waals surface area (Å²) in [6, 6.07) is 60.6. The molecule has 1 spiro atoms. The van der Waals surface area contributed by atoms with Gasteiger partial charge in [0.25, 0.3) is 0 Å². The van der Waals surface area contributed by atoms with E-state index in [1.165, 1.54) is 75.7 Å². The van der Waals surface area contributed by atoms with Crippen LogP contribution < -0.4 is 0 Å². The molecule has 0 atom stereocenters. The summed E-state index contributed by atoms with van der Waals surface area (Å²) in [6.45, 7) is 0. The molecule has 1 aliphatic carbocycles. The summed E-state index contributed by atoms with van der Waals surface area (Å²) in [5.74, 6) is 0. The van der Waals surface area contributed by atoms with Gasteiger partial charge in [-0.3, -0.25) is 0 Å². The van der Waals surface area contributed by atoms with Crippen LogP contribution in [0.5, 0.6) is 0 Å². The molecule has 2 aromatic heterocycles. The number of nitrogens with zero attached hydrogens (tertiary/aromatic N) is 1. The van der Waals surface area contributed by atoms with Crippen molar-refractivity contribution in [3.63, 3.8) is 0 Å². The van der Waals surface area contributed by atoms with Crippen molar-refractivity contribution in [2.45, 2.75) is 15.2 Å². The van der Waals surface area contributed by atoms with Crippen molar-refractivity contribution in [2.75, 3.05) is 0 Å². The number of hydrogen-bond donors (Lipinski definition) is 0. The highest BCUT2D eigenvalue weighted by Gasteiger charge is 2.50. The van der Waals surface area contributed by atoms with Crippen molar-refractivity contribution in [2.24, 2.45) is 0 Å². The maximum absolute atomic E-state index is 6.45. The van der Waals surface area contributed by atoms with Crippen LogP contribution in [0.15, 0.2) is 178 Å². The molecule has 0 N–H and O–H groups in total. The molecule has 232 valence electrons. The van der Waals surface area contributed by atoms with Crippen molar-refractivity contribution in [1.29, 1.82) is 0 Å². The Morgan fingerprint density at radius 3 is 1.96 bits per heavy atom. The van der Waals surface area contributed by atoms with E-state index in [4.69, 9.17) is 4.42 Å². The van der Waals surface area contributed by atoms with Crippen LogP contribution in [-0.4, -0.2) is 4.57 Å². The summed E-state index contributed by atoms with van der Waals surface area (Å²) in [7, 11) is 0. The van der Waals surface area contributed by atoms with Gasteiger partial charge in [-0.1, -0.05) is 127 Å². The first-order chi connectivity index (χ1) is 24.8. The van der Waals surface area contributed by atoms with Crippen molar-refractivity contribution in [1.82, 2.24) is 4.57 Å². The first-order valence-corrected chi connectivity index (χ1v) is 18.0. The van der Waals surface area contributed by atoms with Crippen molar-refractivity contribution in [3.05, 3.63) is 186 Å². The van der Waals surface area contributed by atoms with Gasteiger partial charge in [0.1, 0.15) is 11.2 Å². The highest BCUT2D eigenvalue weighted by Crippen LogP contribution is 2.62. The summed E-state index contributed by atoms with van der Waals surface area (Å²) in [4.78, 5) is 2.62. The van der Waals surface area contributed by atoms with Crippen LogP contribution in [0.2, 0.25) is 0 Å². The molecule has 2 nitrogen and oxygen atoms in total. The topological polar surface area (TPSA) is 18.1 Å². The summed E-state index contributed by atoms with van der Waals surface area (Å²) in [5, 5.41) is 7.35. The van der Waals surface area contributed by atoms with Crippen LogP contribution >= 0.6 is 11.8 Å². The molecular formula is C47H27NOS. The smallest absolute Gasteiger partial charge is 0.137 e. The predicted octanol–water partition coefficient (Wildman–Crippen LogP) is 12.7. The zero-order chi connectivity index (χ0) is 32.6. The molecule has 0 saturated heterocycles. The Morgan fingerprint density at radius 2 is 1.12 bits per heavy atom. The lowest BCUT2D eigenvalue weighted by atomic mass is 9.67. The van der Waals surface area contributed by atoms with Crippen LogP contribution in [0, 0.1) is 0 Å². The second-order valence-corrected chi connectivity index (χ2v) is 14.7. The zero-order valence-corrected chi connectivity index (χ0v) is 27.7. The van der Waals surface area contributed by atoms with Crippen LogP contribution in [0.4, 0.5) is 0 Å². The molecule has 0 unspecified atom stereocenters. The number of fused-ring (bicyclic) bond motifs is 17. The average molecular weight is 654 g/mol. The summed E-state index contributed by atoms with van der Waals surface area (Å²) >= 11 is 1.91. The van der Waals surface area contributed by atoms with Gasteiger partial charge in [0.05, 0.1) is 16.4 Å². The lowest BCUT2D eigenvalue weighted by molar-refractivity contribution is 0.668. The minimum Gasteiger partial charge on any atom is -0.456 e. The van der Waals surface area contributed by atoms with E-state index in [1.807, 2.05) is 17.8 Å². The fourth-order valence-electron chi connectivity index (χ4n) is 9.27. The molecule has 1 aliphatic heterocycles. The van der Waals surface area contributed by atoms with E-state index in [2.05, 4.69) is 162 Å². The molecule has 0 bridgehead atoms. The van der Waals surface area contributed by atoms with E-state index in [0.717, 1.165) is 27.6 Å². The Balaban J connectivity index is 1.25. The van der Waals surface area contributed by atoms with Gasteiger partial charge in [-0.15, -0.1) is 0 Å². The highest BCUT2D eigenvalue weighted by molar-refractivity contribution is 7.99. The monoisotopic (exact) mass is 653 g/mol. The van der Waals surface area contributed by atoms with Crippen LogP contribution in [0.3, 0.4) is 0 Å². The summed E-state index contributed by atoms with van der Waals surface area (Å²) in [6.07, 6.45) is 0. The Morgan fingerprint density at radius 1 is 0.440 bits per heavy atom. The van der Waals surface area contributed by atoms with Crippen molar-refractivity contribution in [3.8, 4) is 16.8 Å². The van der Waals surface area contributed by atoms with Gasteiger partial charge in [-0.2, -0.15) is 0 Å². The quantitative estimate of drug-likeness (QED) is 0.175. The van der Waals surface area contributed by atoms with Crippen LogP contribution in [0.25, 0.3) is 71.3 Å². The Bertz CT molecular complexity index is 3040. The fourth-order valence-corrected chi connectivity index (χ4v) is 10.5. The number of rotatable bonds is 1. The molecule has 3 heterocycles. The molecule has 50 heavy (non-hydrogen) atoms. The second-order valence-electron chi connectivity index (χ2n) is 13.6. The van der Waals surface area contributed by atoms with Crippen LogP contribution in [0.1, 0.15) is 22.3 Å². The van der Waals surface area contributed by atoms with E-state index >= 15 is 0 Å². The normalized spacial score (nSPS) is 14.1. The average Bonchev–Trinajstić information content (AvgIpc) is 3.80. The molecule has 0 saturated carbocycles. The first-order valence-electron chi connectivity index (χ1n) is 17.2. The van der Waals surface area contributed by atoms with Gasteiger partial charge in [-0.25, -0.2) is 0 Å². The maximum atomic E-state index is 6.45. The number of aromatic nitrogens is 1. The lowest BCUT2D eigenvalue weighted by Crippen LogP contribution is -2.32. The molecule has 0 fully saturated rings. The molecular weight excluding hydrogens is 627 g/mol. The summed E-state index contributed by atoms with van der Waals surface area (Å²) < 4.78 is 8.92. The number of benzene rings is 8. The molecule has 0 amide bonds. The maximum Gasteiger partial charge on any atom is 0.137 e. The second kappa shape index (κ2) is 9.56. The number of para-hydroxylation sites is 1. The minimum absolute atomic E-state index is 0.440. The third kappa shape index (κ3) is 3.26. The fraction of sp³-hybridized carbons (Fsp3) is 0.0213. The predicted molar refractivity (Wildman–Crippen MR) is 207 cm³/mol. The van der Waals surface area contributed by atoms with Gasteiger partial charge in [-0.05, 0) is 86.6 Å². The van der Waals surface area contributed by atoms with Gasteiger partial charge in [0.15, 0.2) is 0 Å². The SMILES string of the molecule is c1ccc2c(c1)Sc1cc3c4c5ccccc5ccc4n(-c4ccc5c(c4)oc4ccccc45)c3cc1C21c2ccccc2-c2ccccc21. The third-order valence-electron chi connectivity index (χ3n) is 11.2.